The Labute approximate surface area is 135 Å². The van der Waals surface area contributed by atoms with Gasteiger partial charge in [0.25, 0.3) is 5.91 Å². The van der Waals surface area contributed by atoms with E-state index >= 15 is 0 Å². The minimum absolute atomic E-state index is 0.0394. The molecule has 1 rings (SSSR count). The minimum Gasteiger partial charge on any atom is -0.468 e. The first-order chi connectivity index (χ1) is 10.8. The van der Waals surface area contributed by atoms with E-state index in [-0.39, 0.29) is 30.2 Å². The van der Waals surface area contributed by atoms with Crippen molar-refractivity contribution in [1.29, 1.82) is 0 Å². The molecule has 0 saturated heterocycles. The molecule has 8 nitrogen and oxygen atoms in total. The van der Waals surface area contributed by atoms with Crippen molar-refractivity contribution in [1.82, 2.24) is 10.0 Å². The number of nitrogens with one attached hydrogen (secondary N) is 2. The number of amides is 1. The maximum Gasteiger partial charge on any atom is 0.325 e. The number of carbonyl (C=O) groups excluding carboxylic acids is 2. The Morgan fingerprint density at radius 3 is 2.52 bits per heavy atom. The number of methoxy groups -OCH3 is 2. The molecule has 0 aromatic heterocycles. The summed E-state index contributed by atoms with van der Waals surface area (Å²) in [7, 11) is -1.07. The second-order valence-corrected chi connectivity index (χ2v) is 6.39. The van der Waals surface area contributed by atoms with Crippen molar-refractivity contribution in [2.45, 2.75) is 11.8 Å². The van der Waals surface area contributed by atoms with Crippen LogP contribution in [-0.2, 0) is 24.3 Å². The predicted molar refractivity (Wildman–Crippen MR) is 82.6 cm³/mol. The summed E-state index contributed by atoms with van der Waals surface area (Å²) in [6.45, 7) is 1.73. The number of hydrogen-bond donors (Lipinski definition) is 2. The highest BCUT2D eigenvalue weighted by Gasteiger charge is 2.18. The molecule has 128 valence electrons. The van der Waals surface area contributed by atoms with Gasteiger partial charge in [0.05, 0.1) is 18.6 Å². The summed E-state index contributed by atoms with van der Waals surface area (Å²) >= 11 is 0. The summed E-state index contributed by atoms with van der Waals surface area (Å²) in [6.07, 6.45) is 0. The van der Waals surface area contributed by atoms with Gasteiger partial charge in [-0.05, 0) is 24.6 Å². The molecule has 0 unspecified atom stereocenters. The molecule has 0 radical (unpaired) electrons. The van der Waals surface area contributed by atoms with E-state index in [4.69, 9.17) is 4.74 Å². The fraction of sp³-hybridized carbons (Fsp3) is 0.429. The molecule has 1 aromatic carbocycles. The SMILES string of the molecule is COCCNS(=O)(=O)c1ccc(C)c(C(=O)NCC(=O)OC)c1. The van der Waals surface area contributed by atoms with E-state index in [9.17, 15) is 18.0 Å². The molecule has 0 heterocycles. The van der Waals surface area contributed by atoms with Gasteiger partial charge >= 0.3 is 5.97 Å². The molecule has 1 aromatic rings. The van der Waals surface area contributed by atoms with Gasteiger partial charge < -0.3 is 14.8 Å². The maximum absolute atomic E-state index is 12.1. The second kappa shape index (κ2) is 8.61. The van der Waals surface area contributed by atoms with E-state index in [0.717, 1.165) is 0 Å². The average molecular weight is 344 g/mol. The largest absolute Gasteiger partial charge is 0.468 e. The van der Waals surface area contributed by atoms with Gasteiger partial charge in [-0.3, -0.25) is 9.59 Å². The number of rotatable bonds is 8. The van der Waals surface area contributed by atoms with E-state index in [0.29, 0.717) is 5.56 Å². The summed E-state index contributed by atoms with van der Waals surface area (Å²) in [6, 6.07) is 4.19. The van der Waals surface area contributed by atoms with Crippen LogP contribution in [-0.4, -0.2) is 54.2 Å². The van der Waals surface area contributed by atoms with Crippen LogP contribution in [0.1, 0.15) is 15.9 Å². The first kappa shape index (κ1) is 19.1. The first-order valence-corrected chi connectivity index (χ1v) is 8.24. The molecule has 0 spiro atoms. The Bertz CT molecular complexity index is 672. The molecule has 0 aliphatic rings. The smallest absolute Gasteiger partial charge is 0.325 e. The molecule has 23 heavy (non-hydrogen) atoms. The lowest BCUT2D eigenvalue weighted by atomic mass is 10.1. The number of hydrogen-bond acceptors (Lipinski definition) is 6. The number of esters is 1. The molecule has 0 bridgehead atoms. The number of carbonyl (C=O) groups is 2. The summed E-state index contributed by atoms with van der Waals surface area (Å²) in [5.74, 6) is -1.15. The van der Waals surface area contributed by atoms with Gasteiger partial charge in [0.15, 0.2) is 0 Å². The van der Waals surface area contributed by atoms with Gasteiger partial charge in [0.2, 0.25) is 10.0 Å². The van der Waals surface area contributed by atoms with Crippen LogP contribution in [0.25, 0.3) is 0 Å². The van der Waals surface area contributed by atoms with E-state index in [1.165, 1.54) is 32.4 Å². The van der Waals surface area contributed by atoms with Crippen LogP contribution in [0.4, 0.5) is 0 Å². The Kier molecular flexibility index (Phi) is 7.14. The highest BCUT2D eigenvalue weighted by molar-refractivity contribution is 7.89. The molecule has 0 fully saturated rings. The normalized spacial score (nSPS) is 11.1. The van der Waals surface area contributed by atoms with Crippen molar-refractivity contribution in [3.8, 4) is 0 Å². The van der Waals surface area contributed by atoms with Crippen LogP contribution in [0.2, 0.25) is 0 Å². The van der Waals surface area contributed by atoms with Crippen molar-refractivity contribution in [3.63, 3.8) is 0 Å². The molecule has 1 amide bonds. The lowest BCUT2D eigenvalue weighted by molar-refractivity contribution is -0.139. The van der Waals surface area contributed by atoms with Crippen molar-refractivity contribution in [2.24, 2.45) is 0 Å². The lowest BCUT2D eigenvalue weighted by Gasteiger charge is -2.10. The summed E-state index contributed by atoms with van der Waals surface area (Å²) in [4.78, 5) is 23.1. The number of sulfonamides is 1. The Morgan fingerprint density at radius 1 is 1.22 bits per heavy atom. The third kappa shape index (κ3) is 5.62. The third-order valence-corrected chi connectivity index (χ3v) is 4.44. The average Bonchev–Trinajstić information content (AvgIpc) is 2.52. The zero-order valence-corrected chi connectivity index (χ0v) is 14.0. The monoisotopic (exact) mass is 344 g/mol. The van der Waals surface area contributed by atoms with Crippen LogP contribution in [0.5, 0.6) is 0 Å². The Morgan fingerprint density at radius 2 is 1.91 bits per heavy atom. The van der Waals surface area contributed by atoms with Gasteiger partial charge in [-0.2, -0.15) is 0 Å². The molecular weight excluding hydrogens is 324 g/mol. The second-order valence-electron chi connectivity index (χ2n) is 4.63. The van der Waals surface area contributed by atoms with Gasteiger partial charge in [0.1, 0.15) is 6.54 Å². The fourth-order valence-corrected chi connectivity index (χ4v) is 2.73. The van der Waals surface area contributed by atoms with Gasteiger partial charge in [-0.1, -0.05) is 6.07 Å². The molecule has 9 heteroatoms. The minimum atomic E-state index is -3.74. The van der Waals surface area contributed by atoms with Gasteiger partial charge in [0, 0.05) is 19.2 Å². The van der Waals surface area contributed by atoms with Crippen LogP contribution in [0, 0.1) is 6.92 Å². The number of ether oxygens (including phenoxy) is 2. The topological polar surface area (TPSA) is 111 Å². The summed E-state index contributed by atoms with van der Waals surface area (Å²) < 4.78 is 35.8. The maximum atomic E-state index is 12.1. The first-order valence-electron chi connectivity index (χ1n) is 6.76. The quantitative estimate of drug-likeness (QED) is 0.500. The predicted octanol–water partition coefficient (Wildman–Crippen LogP) is -0.177. The van der Waals surface area contributed by atoms with Crippen molar-refractivity contribution >= 4 is 21.9 Å². The Balaban J connectivity index is 2.94. The Hall–Kier alpha value is -1.97. The number of benzene rings is 1. The molecule has 0 saturated carbocycles. The van der Waals surface area contributed by atoms with Gasteiger partial charge in [-0.25, -0.2) is 13.1 Å². The van der Waals surface area contributed by atoms with E-state index in [2.05, 4.69) is 14.8 Å². The lowest BCUT2D eigenvalue weighted by Crippen LogP contribution is -2.31. The zero-order chi connectivity index (χ0) is 17.5. The van der Waals surface area contributed by atoms with E-state index < -0.39 is 21.9 Å². The third-order valence-electron chi connectivity index (χ3n) is 2.98. The zero-order valence-electron chi connectivity index (χ0n) is 13.2. The number of aryl methyl sites for hydroxylation is 1. The fourth-order valence-electron chi connectivity index (χ4n) is 1.69. The molecule has 0 aliphatic heterocycles. The van der Waals surface area contributed by atoms with Crippen LogP contribution in [0.15, 0.2) is 23.1 Å². The molecule has 0 atom stereocenters. The van der Waals surface area contributed by atoms with Crippen LogP contribution >= 0.6 is 0 Å². The molecule has 2 N–H and O–H groups in total. The van der Waals surface area contributed by atoms with Crippen LogP contribution < -0.4 is 10.0 Å². The van der Waals surface area contributed by atoms with Crippen molar-refractivity contribution in [2.75, 3.05) is 33.9 Å². The molecular formula is C14H20N2O6S. The van der Waals surface area contributed by atoms with E-state index in [1.807, 2.05) is 0 Å². The van der Waals surface area contributed by atoms with Crippen molar-refractivity contribution in [3.05, 3.63) is 29.3 Å². The standard InChI is InChI=1S/C14H20N2O6S/c1-10-4-5-11(23(19,20)16-6-7-21-2)8-12(10)14(18)15-9-13(17)22-3/h4-5,8,16H,6-7,9H2,1-3H3,(H,15,18). The van der Waals surface area contributed by atoms with Gasteiger partial charge in [-0.15, -0.1) is 0 Å². The summed E-state index contributed by atoms with van der Waals surface area (Å²) in [5.41, 5.74) is 0.756. The van der Waals surface area contributed by atoms with Crippen LogP contribution in [0.3, 0.4) is 0 Å². The van der Waals surface area contributed by atoms with Crippen molar-refractivity contribution < 1.29 is 27.5 Å². The highest BCUT2D eigenvalue weighted by Crippen LogP contribution is 2.15. The molecule has 0 aliphatic carbocycles. The summed E-state index contributed by atoms with van der Waals surface area (Å²) in [5, 5.41) is 2.37. The van der Waals surface area contributed by atoms with E-state index in [1.54, 1.807) is 6.92 Å². The highest BCUT2D eigenvalue weighted by atomic mass is 32.2.